The molecule has 0 radical (unpaired) electrons. The Morgan fingerprint density at radius 3 is 0.802 bits per heavy atom. The van der Waals surface area contributed by atoms with E-state index in [0.717, 1.165) is 146 Å². The highest BCUT2D eigenvalue weighted by atomic mass is 16.2. The molecule has 2 aliphatic heterocycles. The number of carbonyl (C=O) groups excluding carboxylic acids is 5. The number of rotatable bonds is 49. The van der Waals surface area contributed by atoms with E-state index in [0.29, 0.717) is 31.7 Å². The van der Waals surface area contributed by atoms with Crippen LogP contribution in [0.15, 0.2) is 18.2 Å². The summed E-state index contributed by atoms with van der Waals surface area (Å²) in [6.07, 6.45) is 13.4. The second-order valence-corrected chi connectivity index (χ2v) is 29.2. The summed E-state index contributed by atoms with van der Waals surface area (Å²) in [5.41, 5.74) is 2.77. The van der Waals surface area contributed by atoms with Gasteiger partial charge in [0.15, 0.2) is 5.78 Å². The molecule has 111 heavy (non-hydrogen) atoms. The summed E-state index contributed by atoms with van der Waals surface area (Å²) in [5.74, 6) is 0.852. The topological polar surface area (TPSA) is 259 Å². The summed E-state index contributed by atoms with van der Waals surface area (Å²) in [4.78, 5) is 81.5. The quantitative estimate of drug-likeness (QED) is 0.0252. The van der Waals surface area contributed by atoms with Crippen molar-refractivity contribution in [3.8, 4) is 0 Å². The number of unbranched alkanes of at least 4 members (excludes halogenated alkanes) is 4. The Labute approximate surface area is 683 Å². The van der Waals surface area contributed by atoms with Crippen LogP contribution in [0.3, 0.4) is 0 Å². The summed E-state index contributed by atoms with van der Waals surface area (Å²) >= 11 is 0. The Morgan fingerprint density at radius 2 is 0.595 bits per heavy atom. The number of ketones is 3. The summed E-state index contributed by atoms with van der Waals surface area (Å²) in [7, 11) is 17.1. The maximum absolute atomic E-state index is 12.3. The third kappa shape index (κ3) is 60.3. The Morgan fingerprint density at radius 1 is 0.342 bits per heavy atom. The van der Waals surface area contributed by atoms with Crippen LogP contribution >= 0.6 is 0 Å². The van der Waals surface area contributed by atoms with Gasteiger partial charge in [0.25, 0.3) is 0 Å². The lowest BCUT2D eigenvalue weighted by Gasteiger charge is -2.33. The minimum atomic E-state index is -0.141. The van der Waals surface area contributed by atoms with Gasteiger partial charge in [-0.05, 0) is 232 Å². The van der Waals surface area contributed by atoms with Crippen LogP contribution < -0.4 is 63.8 Å². The summed E-state index contributed by atoms with van der Waals surface area (Å²) in [6, 6.07) is 5.70. The van der Waals surface area contributed by atoms with Crippen molar-refractivity contribution in [2.24, 2.45) is 0 Å². The van der Waals surface area contributed by atoms with E-state index in [1.807, 2.05) is 109 Å². The van der Waals surface area contributed by atoms with E-state index in [1.165, 1.54) is 157 Å². The first kappa shape index (κ1) is 111. The molecular formula is C85H181N21O5. The molecule has 4 atom stereocenters. The van der Waals surface area contributed by atoms with E-state index >= 15 is 0 Å². The number of likely N-dealkylation sites (N-methyl/N-ethyl adjacent to an activating group) is 13. The molecule has 0 bridgehead atoms. The van der Waals surface area contributed by atoms with Gasteiger partial charge in [0.1, 0.15) is 11.6 Å². The molecule has 2 saturated heterocycles. The third-order valence-corrected chi connectivity index (χ3v) is 21.3. The fraction of sp³-hybridized carbons (Fsp3) is 0.871. The summed E-state index contributed by atoms with van der Waals surface area (Å²) < 4.78 is 0. The second-order valence-electron chi connectivity index (χ2n) is 29.2. The van der Waals surface area contributed by atoms with Crippen molar-refractivity contribution in [2.75, 3.05) is 297 Å². The number of anilines is 2. The average molecular weight is 1580 g/mol. The van der Waals surface area contributed by atoms with Crippen LogP contribution in [0.4, 0.5) is 11.4 Å². The van der Waals surface area contributed by atoms with Gasteiger partial charge in [-0.2, -0.15) is 0 Å². The van der Waals surface area contributed by atoms with E-state index in [4.69, 9.17) is 0 Å². The van der Waals surface area contributed by atoms with Gasteiger partial charge in [-0.25, -0.2) is 0 Å². The molecule has 0 aromatic heterocycles. The van der Waals surface area contributed by atoms with Crippen molar-refractivity contribution in [1.82, 2.24) is 97.3 Å². The average Bonchev–Trinajstić information content (AvgIpc) is 0.853. The molecule has 4 unspecified atom stereocenters. The van der Waals surface area contributed by atoms with Crippen molar-refractivity contribution >= 4 is 40.5 Å². The van der Waals surface area contributed by atoms with Crippen LogP contribution in [0.2, 0.25) is 0 Å². The SMILES string of the molecule is CCC(=O)C(CCCCNC)NC.CCN1CCN(CC)CCN(CC)CCN(CC)CC1.CCN1CCN(CC)CCN(CC)CCN(CC)CC1.CCNc1cc(NCC)cc(C(=O)CC)c1.CNCCCCC(NC)C(=O)NCCN(C)CCNC(=O)C(CCCCNC)NC.CNCCCCC(NC)C(C)=O. The minimum absolute atomic E-state index is 0.0544. The molecule has 12 N–H and O–H groups in total. The molecule has 2 amide bonds. The highest BCUT2D eigenvalue weighted by Crippen LogP contribution is 2.20. The Kier molecular flexibility index (Phi) is 78.8. The molecule has 2 aliphatic rings. The lowest BCUT2D eigenvalue weighted by atomic mass is 10.0. The first-order valence-corrected chi connectivity index (χ1v) is 44.1. The highest BCUT2D eigenvalue weighted by molar-refractivity contribution is 5.97. The maximum atomic E-state index is 12.3. The number of amides is 2. The number of hydrogen-bond donors (Lipinski definition) is 12. The number of Topliss-reactive ketones (excluding diaryl/α,β-unsaturated/α-hetero) is 3. The van der Waals surface area contributed by atoms with Crippen molar-refractivity contribution in [3.63, 3.8) is 0 Å². The van der Waals surface area contributed by atoms with Crippen molar-refractivity contribution in [1.29, 1.82) is 0 Å². The van der Waals surface area contributed by atoms with Crippen LogP contribution in [0.5, 0.6) is 0 Å². The number of hydrogen-bond acceptors (Lipinski definition) is 24. The van der Waals surface area contributed by atoms with Crippen LogP contribution in [-0.2, 0) is 19.2 Å². The first-order chi connectivity index (χ1) is 53.6. The predicted molar refractivity (Wildman–Crippen MR) is 478 cm³/mol. The fourth-order valence-electron chi connectivity index (χ4n) is 13.1. The number of benzene rings is 1. The molecular weight excluding hydrogens is 1400 g/mol. The summed E-state index contributed by atoms with van der Waals surface area (Å²) in [6.45, 7) is 65.1. The predicted octanol–water partition coefficient (Wildman–Crippen LogP) is 6.32. The number of carbonyl (C=O) groups is 5. The van der Waals surface area contributed by atoms with Crippen LogP contribution in [-0.4, -0.2) is 383 Å². The van der Waals surface area contributed by atoms with Gasteiger partial charge >= 0.3 is 0 Å². The molecule has 2 heterocycles. The normalized spacial score (nSPS) is 16.4. The molecule has 26 nitrogen and oxygen atoms in total. The lowest BCUT2D eigenvalue weighted by Crippen LogP contribution is -2.46. The molecule has 26 heteroatoms. The summed E-state index contributed by atoms with van der Waals surface area (Å²) in [5, 5.41) is 37.2. The van der Waals surface area contributed by atoms with Gasteiger partial charge in [0.2, 0.25) is 11.8 Å². The molecule has 656 valence electrons. The van der Waals surface area contributed by atoms with Gasteiger partial charge in [-0.15, -0.1) is 0 Å². The molecule has 0 saturated carbocycles. The zero-order valence-electron chi connectivity index (χ0n) is 76.0. The standard InChI is InChI=1S/C21H47N7O2.2C16H36N4.C13H20N2O.C10H22N2O.C9H20N2O/c1-22-12-8-6-10-18(24-3)20(29)26-14-16-28(5)17-15-27-21(30)19(25-4)11-7-9-13-23-2;2*1-5-17-9-11-18(6-2)13-15-20(8-4)16-14-19(7-3)12-10-17;1-4-13(16)10-7-11(14-5-2)9-12(8-10)15-6-3;1-4-10(13)9(12-3)7-5-6-8-11-2;1-8(12)9(11-3)6-4-5-7-10-2/h18-19,22-25H,6-17H2,1-5H3,(H,26,29)(H,27,30);2*5-16H2,1-4H3;7-9,14-15H,4-6H2,1-3H3;9,11-12H,4-8H2,1-3H3;9-11H,4-7H2,1-3H3. The van der Waals surface area contributed by atoms with E-state index in [9.17, 15) is 24.0 Å². The number of nitrogens with zero attached hydrogens (tertiary/aromatic N) is 9. The van der Waals surface area contributed by atoms with Crippen molar-refractivity contribution in [3.05, 3.63) is 23.8 Å². The maximum Gasteiger partial charge on any atom is 0.237 e. The van der Waals surface area contributed by atoms with Crippen molar-refractivity contribution in [2.45, 2.75) is 204 Å². The van der Waals surface area contributed by atoms with E-state index < -0.39 is 0 Å². The monoisotopic (exact) mass is 1580 g/mol. The Balaban J connectivity index is -0.00000130. The largest absolute Gasteiger partial charge is 0.385 e. The van der Waals surface area contributed by atoms with Crippen LogP contribution in [0.25, 0.3) is 0 Å². The van der Waals surface area contributed by atoms with Gasteiger partial charge < -0.3 is 108 Å². The van der Waals surface area contributed by atoms with E-state index in [1.54, 1.807) is 6.92 Å². The third-order valence-electron chi connectivity index (χ3n) is 21.3. The fourth-order valence-corrected chi connectivity index (χ4v) is 13.1. The van der Waals surface area contributed by atoms with Gasteiger partial charge in [0, 0.05) is 174 Å². The smallest absolute Gasteiger partial charge is 0.237 e. The van der Waals surface area contributed by atoms with E-state index in [-0.39, 0.29) is 47.5 Å². The second kappa shape index (κ2) is 78.6. The molecule has 3 rings (SSSR count). The molecule has 1 aromatic rings. The number of nitrogens with one attached hydrogen (secondary N) is 12. The minimum Gasteiger partial charge on any atom is -0.385 e. The van der Waals surface area contributed by atoms with Crippen LogP contribution in [0.1, 0.15) is 190 Å². The van der Waals surface area contributed by atoms with Crippen molar-refractivity contribution < 1.29 is 24.0 Å². The zero-order chi connectivity index (χ0) is 83.7. The highest BCUT2D eigenvalue weighted by Gasteiger charge is 2.20. The zero-order valence-corrected chi connectivity index (χ0v) is 76.0. The van der Waals surface area contributed by atoms with Crippen LogP contribution in [0, 0.1) is 0 Å². The Bertz CT molecular complexity index is 2060. The van der Waals surface area contributed by atoms with Gasteiger partial charge in [0.05, 0.1) is 24.2 Å². The molecule has 1 aromatic carbocycles. The van der Waals surface area contributed by atoms with Gasteiger partial charge in [-0.1, -0.05) is 94.9 Å². The first-order valence-electron chi connectivity index (χ1n) is 44.1. The van der Waals surface area contributed by atoms with Gasteiger partial charge in [-0.3, -0.25) is 24.0 Å². The molecule has 2 fully saturated rings. The molecule has 0 spiro atoms. The lowest BCUT2D eigenvalue weighted by molar-refractivity contribution is -0.123. The van der Waals surface area contributed by atoms with E-state index in [2.05, 4.69) is 163 Å². The Hall–Kier alpha value is -3.91. The molecule has 0 aliphatic carbocycles.